The van der Waals surface area contributed by atoms with E-state index in [1.54, 1.807) is 25.1 Å². The van der Waals surface area contributed by atoms with E-state index in [1.165, 1.54) is 31.1 Å². The maximum absolute atomic E-state index is 13.7. The lowest BCUT2D eigenvalue weighted by Gasteiger charge is -2.34. The molecule has 1 aliphatic rings. The topological polar surface area (TPSA) is 90.0 Å². The fourth-order valence-electron chi connectivity index (χ4n) is 4.31. The van der Waals surface area contributed by atoms with Gasteiger partial charge < -0.3 is 10.2 Å². The number of anilines is 1. The zero-order chi connectivity index (χ0) is 28.0. The number of hydrogen-bond donors (Lipinski definition) is 1. The third-order valence-corrected chi connectivity index (χ3v) is 9.15. The Hall–Kier alpha value is -2.40. The summed E-state index contributed by atoms with van der Waals surface area (Å²) in [4.78, 5) is 28.3. The Morgan fingerprint density at radius 2 is 1.66 bits per heavy atom. The minimum Gasteiger partial charge on any atom is -0.352 e. The minimum absolute atomic E-state index is 0.00571. The first kappa shape index (κ1) is 30.1. The van der Waals surface area contributed by atoms with Crippen molar-refractivity contribution in [2.75, 3.05) is 24.9 Å². The van der Waals surface area contributed by atoms with Crippen molar-refractivity contribution in [3.05, 3.63) is 63.9 Å². The highest BCUT2D eigenvalue weighted by Gasteiger charge is 2.33. The molecule has 0 bridgehead atoms. The minimum atomic E-state index is -4.13. The van der Waals surface area contributed by atoms with Crippen LogP contribution in [0.5, 0.6) is 0 Å². The second kappa shape index (κ2) is 13.1. The monoisotopic (exact) mass is 586 g/mol. The van der Waals surface area contributed by atoms with Crippen LogP contribution < -0.4 is 9.62 Å². The molecule has 8 nitrogen and oxygen atoms in total. The molecule has 12 heteroatoms. The van der Waals surface area contributed by atoms with Gasteiger partial charge in [0.05, 0.1) is 15.7 Å². The zero-order valence-electron chi connectivity index (χ0n) is 21.7. The largest absolute Gasteiger partial charge is 0.352 e. The van der Waals surface area contributed by atoms with Gasteiger partial charge in [-0.15, -0.1) is 0 Å². The summed E-state index contributed by atoms with van der Waals surface area (Å²) in [5.74, 6) is -1.48. The lowest BCUT2D eigenvalue weighted by atomic mass is 9.95. The fourth-order valence-corrected chi connectivity index (χ4v) is 5.69. The highest BCUT2D eigenvalue weighted by Crippen LogP contribution is 2.25. The molecule has 38 heavy (non-hydrogen) atoms. The molecule has 1 saturated carbocycles. The normalized spacial score (nSPS) is 15.2. The predicted octanol–water partition coefficient (Wildman–Crippen LogP) is 4.61. The van der Waals surface area contributed by atoms with Crippen LogP contribution in [0.3, 0.4) is 0 Å². The van der Waals surface area contributed by atoms with E-state index in [2.05, 4.69) is 5.32 Å². The van der Waals surface area contributed by atoms with E-state index < -0.39 is 34.5 Å². The van der Waals surface area contributed by atoms with Crippen molar-refractivity contribution in [2.24, 2.45) is 0 Å². The number of hydrogen-bond acceptors (Lipinski definition) is 4. The van der Waals surface area contributed by atoms with Gasteiger partial charge in [0.1, 0.15) is 18.4 Å². The molecule has 2 aromatic carbocycles. The van der Waals surface area contributed by atoms with Crippen molar-refractivity contribution in [3.8, 4) is 0 Å². The molecule has 0 aromatic heterocycles. The average Bonchev–Trinajstić information content (AvgIpc) is 2.88. The van der Waals surface area contributed by atoms with Gasteiger partial charge in [-0.25, -0.2) is 8.70 Å². The number of rotatable bonds is 10. The van der Waals surface area contributed by atoms with Crippen LogP contribution in [-0.2, 0) is 26.3 Å². The average molecular weight is 588 g/mol. The van der Waals surface area contributed by atoms with Crippen molar-refractivity contribution in [3.63, 3.8) is 0 Å². The summed E-state index contributed by atoms with van der Waals surface area (Å²) in [7, 11) is -1.45. The van der Waals surface area contributed by atoms with Crippen molar-refractivity contribution in [1.82, 2.24) is 14.5 Å². The number of benzene rings is 2. The van der Waals surface area contributed by atoms with Gasteiger partial charge >= 0.3 is 10.2 Å². The fraction of sp³-hybridized carbons (Fsp3) is 0.462. The third kappa shape index (κ3) is 7.59. The summed E-state index contributed by atoms with van der Waals surface area (Å²) in [5, 5.41) is 3.67. The molecule has 208 valence electrons. The lowest BCUT2D eigenvalue weighted by molar-refractivity contribution is -0.139. The van der Waals surface area contributed by atoms with Crippen molar-refractivity contribution >= 4 is 50.9 Å². The molecular formula is C26H33Cl2FN4O4S. The van der Waals surface area contributed by atoms with Crippen LogP contribution >= 0.6 is 23.2 Å². The first-order valence-corrected chi connectivity index (χ1v) is 14.5. The van der Waals surface area contributed by atoms with E-state index in [0.717, 1.165) is 52.8 Å². The van der Waals surface area contributed by atoms with Crippen molar-refractivity contribution in [2.45, 2.75) is 57.7 Å². The molecule has 3 rings (SSSR count). The highest BCUT2D eigenvalue weighted by atomic mass is 35.5. The third-order valence-electron chi connectivity index (χ3n) is 6.59. The van der Waals surface area contributed by atoms with E-state index in [4.69, 9.17) is 23.2 Å². The van der Waals surface area contributed by atoms with Crippen molar-refractivity contribution in [1.29, 1.82) is 0 Å². The first-order chi connectivity index (χ1) is 17.9. The summed E-state index contributed by atoms with van der Waals surface area (Å²) < 4.78 is 41.7. The number of halogens is 3. The molecule has 2 aromatic rings. The predicted molar refractivity (Wildman–Crippen MR) is 148 cm³/mol. The molecule has 1 aliphatic carbocycles. The number of amides is 2. The maximum Gasteiger partial charge on any atom is 0.304 e. The van der Waals surface area contributed by atoms with Crippen LogP contribution in [0.1, 0.15) is 44.6 Å². The summed E-state index contributed by atoms with van der Waals surface area (Å²) in [6.45, 7) is 0.999. The van der Waals surface area contributed by atoms with E-state index in [9.17, 15) is 22.4 Å². The standard InChI is InChI=1S/C26H33Cl2FN4O4S/c1-18(26(35)30-21-7-5-4-6-8-21)32(16-19-9-14-23(27)24(28)15-19)25(34)17-33(38(36,37)31(2)3)22-12-10-20(29)11-13-22/h9-15,18,21H,4-8,16-17H2,1-3H3,(H,30,35)/t18-/m0/s1. The molecule has 0 heterocycles. The molecule has 2 amide bonds. The second-order valence-electron chi connectivity index (χ2n) is 9.56. The summed E-state index contributed by atoms with van der Waals surface area (Å²) in [5.41, 5.74) is 0.733. The molecular weight excluding hydrogens is 554 g/mol. The smallest absolute Gasteiger partial charge is 0.304 e. The quantitative estimate of drug-likeness (QED) is 0.440. The number of nitrogens with one attached hydrogen (secondary N) is 1. The Morgan fingerprint density at radius 3 is 2.24 bits per heavy atom. The summed E-state index contributed by atoms with van der Waals surface area (Å²) in [6, 6.07) is 8.81. The highest BCUT2D eigenvalue weighted by molar-refractivity contribution is 7.90. The van der Waals surface area contributed by atoms with Gasteiger partial charge in [-0.05, 0) is 61.7 Å². The number of carbonyl (C=O) groups is 2. The Labute approximate surface area is 233 Å². The van der Waals surface area contributed by atoms with Gasteiger partial charge in [0.25, 0.3) is 0 Å². The van der Waals surface area contributed by atoms with Gasteiger partial charge in [-0.3, -0.25) is 9.59 Å². The summed E-state index contributed by atoms with van der Waals surface area (Å²) in [6.07, 6.45) is 4.93. The Bertz CT molecular complexity index is 1240. The van der Waals surface area contributed by atoms with Gasteiger partial charge in [0.15, 0.2) is 0 Å². The van der Waals surface area contributed by atoms with E-state index in [-0.39, 0.29) is 24.2 Å². The van der Waals surface area contributed by atoms with Gasteiger partial charge in [-0.1, -0.05) is 48.5 Å². The molecule has 1 N–H and O–H groups in total. The second-order valence-corrected chi connectivity index (χ2v) is 12.4. The van der Waals surface area contributed by atoms with Gasteiger partial charge in [0, 0.05) is 26.7 Å². The van der Waals surface area contributed by atoms with Crippen LogP contribution in [0.15, 0.2) is 42.5 Å². The number of carbonyl (C=O) groups excluding carboxylic acids is 2. The maximum atomic E-state index is 13.7. The molecule has 0 spiro atoms. The molecule has 0 radical (unpaired) electrons. The molecule has 0 unspecified atom stereocenters. The van der Waals surface area contributed by atoms with Crippen LogP contribution in [0, 0.1) is 5.82 Å². The van der Waals surface area contributed by atoms with E-state index >= 15 is 0 Å². The SMILES string of the molecule is C[C@@H](C(=O)NC1CCCCC1)N(Cc1ccc(Cl)c(Cl)c1)C(=O)CN(c1ccc(F)cc1)S(=O)(=O)N(C)C. The van der Waals surface area contributed by atoms with Crippen molar-refractivity contribution < 1.29 is 22.4 Å². The molecule has 1 atom stereocenters. The van der Waals surface area contributed by atoms with Crippen LogP contribution in [0.25, 0.3) is 0 Å². The molecule has 1 fully saturated rings. The Morgan fingerprint density at radius 1 is 1.03 bits per heavy atom. The number of nitrogens with zero attached hydrogens (tertiary/aromatic N) is 3. The summed E-state index contributed by atoms with van der Waals surface area (Å²) >= 11 is 12.2. The van der Waals surface area contributed by atoms with Crippen LogP contribution in [0.2, 0.25) is 10.0 Å². The molecule has 0 aliphatic heterocycles. The van der Waals surface area contributed by atoms with Gasteiger partial charge in [-0.2, -0.15) is 12.7 Å². The Balaban J connectivity index is 1.93. The zero-order valence-corrected chi connectivity index (χ0v) is 24.0. The van der Waals surface area contributed by atoms with Crippen LogP contribution in [-0.4, -0.2) is 62.2 Å². The van der Waals surface area contributed by atoms with E-state index in [1.807, 2.05) is 0 Å². The molecule has 0 saturated heterocycles. The van der Waals surface area contributed by atoms with Crippen LogP contribution in [0.4, 0.5) is 10.1 Å². The lowest BCUT2D eigenvalue weighted by Crippen LogP contribution is -2.53. The van der Waals surface area contributed by atoms with E-state index in [0.29, 0.717) is 15.6 Å². The first-order valence-electron chi connectivity index (χ1n) is 12.4. The van der Waals surface area contributed by atoms with Gasteiger partial charge in [0.2, 0.25) is 11.8 Å². The Kier molecular flexibility index (Phi) is 10.4.